The van der Waals surface area contributed by atoms with E-state index in [0.717, 1.165) is 18.8 Å². The number of hydrogen-bond donors (Lipinski definition) is 1. The van der Waals surface area contributed by atoms with Crippen LogP contribution < -0.4 is 5.32 Å². The third-order valence-electron chi connectivity index (χ3n) is 6.03. The summed E-state index contributed by atoms with van der Waals surface area (Å²) >= 11 is 0. The van der Waals surface area contributed by atoms with Crippen LogP contribution in [-0.4, -0.2) is 29.1 Å². The Morgan fingerprint density at radius 1 is 1.10 bits per heavy atom. The van der Waals surface area contributed by atoms with E-state index in [9.17, 15) is 4.79 Å². The molecule has 2 atom stereocenters. The molecule has 1 aliphatic heterocycles. The molecule has 0 aromatic heterocycles. The van der Waals surface area contributed by atoms with Gasteiger partial charge in [-0.1, -0.05) is 33.1 Å². The first-order valence-corrected chi connectivity index (χ1v) is 9.29. The van der Waals surface area contributed by atoms with E-state index in [1.807, 2.05) is 0 Å². The molecule has 2 aliphatic carbocycles. The van der Waals surface area contributed by atoms with Gasteiger partial charge in [-0.25, -0.2) is 0 Å². The number of hydrogen-bond acceptors (Lipinski definition) is 2. The van der Waals surface area contributed by atoms with Gasteiger partial charge in [0, 0.05) is 6.04 Å². The van der Waals surface area contributed by atoms with Gasteiger partial charge in [0.05, 0.1) is 12.2 Å². The van der Waals surface area contributed by atoms with Crippen molar-refractivity contribution < 1.29 is 4.79 Å². The Hall–Kier alpha value is -0.570. The molecule has 1 amide bonds. The Labute approximate surface area is 129 Å². The molecule has 0 radical (unpaired) electrons. The molecule has 0 spiro atoms. The van der Waals surface area contributed by atoms with Gasteiger partial charge in [-0.2, -0.15) is 0 Å². The van der Waals surface area contributed by atoms with Crippen LogP contribution in [0.15, 0.2) is 0 Å². The molecule has 3 nitrogen and oxygen atoms in total. The van der Waals surface area contributed by atoms with E-state index in [0.29, 0.717) is 24.0 Å². The zero-order valence-electron chi connectivity index (χ0n) is 13.8. The van der Waals surface area contributed by atoms with Gasteiger partial charge in [-0.05, 0) is 56.8 Å². The molecule has 2 unspecified atom stereocenters. The maximum atomic E-state index is 12.9. The molecule has 2 saturated carbocycles. The van der Waals surface area contributed by atoms with Crippen molar-refractivity contribution in [1.82, 2.24) is 10.2 Å². The molecular weight excluding hydrogens is 260 g/mol. The van der Waals surface area contributed by atoms with Crippen LogP contribution in [0, 0.1) is 11.8 Å². The number of rotatable bonds is 4. The van der Waals surface area contributed by atoms with E-state index in [-0.39, 0.29) is 6.04 Å². The SMILES string of the molecule is CCCC1NC(C2CCCC2)N(C2CCC(C)CC2)C1=O. The molecule has 1 N–H and O–H groups in total. The lowest BCUT2D eigenvalue weighted by molar-refractivity contribution is -0.134. The molecule has 3 heteroatoms. The summed E-state index contributed by atoms with van der Waals surface area (Å²) in [5.74, 6) is 1.96. The van der Waals surface area contributed by atoms with Crippen molar-refractivity contribution in [3.05, 3.63) is 0 Å². The smallest absolute Gasteiger partial charge is 0.241 e. The fraction of sp³-hybridized carbons (Fsp3) is 0.944. The quantitative estimate of drug-likeness (QED) is 0.857. The van der Waals surface area contributed by atoms with Crippen LogP contribution in [-0.2, 0) is 4.79 Å². The number of carbonyl (C=O) groups is 1. The van der Waals surface area contributed by atoms with Gasteiger partial charge in [0.1, 0.15) is 0 Å². The largest absolute Gasteiger partial charge is 0.323 e. The highest BCUT2D eigenvalue weighted by Gasteiger charge is 2.45. The number of carbonyl (C=O) groups excluding carboxylic acids is 1. The lowest BCUT2D eigenvalue weighted by Gasteiger charge is -2.39. The Morgan fingerprint density at radius 3 is 2.38 bits per heavy atom. The molecule has 1 heterocycles. The van der Waals surface area contributed by atoms with E-state index >= 15 is 0 Å². The van der Waals surface area contributed by atoms with Gasteiger partial charge < -0.3 is 4.90 Å². The maximum Gasteiger partial charge on any atom is 0.241 e. The fourth-order valence-corrected chi connectivity index (χ4v) is 4.73. The van der Waals surface area contributed by atoms with Gasteiger partial charge in [-0.3, -0.25) is 10.1 Å². The standard InChI is InChI=1S/C18H32N2O/c1-3-6-16-18(21)20(15-11-9-13(2)10-12-15)17(19-16)14-7-4-5-8-14/h13-17,19H,3-12H2,1-2H3. The van der Waals surface area contributed by atoms with Crippen molar-refractivity contribution in [1.29, 1.82) is 0 Å². The summed E-state index contributed by atoms with van der Waals surface area (Å²) < 4.78 is 0. The Morgan fingerprint density at radius 2 is 1.76 bits per heavy atom. The normalized spacial score (nSPS) is 38.4. The lowest BCUT2D eigenvalue weighted by Crippen LogP contribution is -2.49. The summed E-state index contributed by atoms with van der Waals surface area (Å²) in [6.45, 7) is 4.54. The van der Waals surface area contributed by atoms with E-state index in [1.165, 1.54) is 51.4 Å². The molecule has 3 rings (SSSR count). The minimum atomic E-state index is 0.0972. The predicted molar refractivity (Wildman–Crippen MR) is 85.8 cm³/mol. The Balaban J connectivity index is 1.74. The third-order valence-corrected chi connectivity index (χ3v) is 6.03. The minimum Gasteiger partial charge on any atom is -0.323 e. The summed E-state index contributed by atoms with van der Waals surface area (Å²) in [5.41, 5.74) is 0. The summed E-state index contributed by atoms with van der Waals surface area (Å²) in [4.78, 5) is 15.2. The van der Waals surface area contributed by atoms with E-state index in [4.69, 9.17) is 0 Å². The maximum absolute atomic E-state index is 12.9. The lowest BCUT2D eigenvalue weighted by atomic mass is 9.86. The number of amides is 1. The fourth-order valence-electron chi connectivity index (χ4n) is 4.73. The molecule has 0 bridgehead atoms. The topological polar surface area (TPSA) is 32.3 Å². The van der Waals surface area contributed by atoms with Gasteiger partial charge in [0.25, 0.3) is 0 Å². The Bertz CT molecular complexity index is 356. The first-order chi connectivity index (χ1) is 10.2. The van der Waals surface area contributed by atoms with Crippen LogP contribution >= 0.6 is 0 Å². The predicted octanol–water partition coefficient (Wildman–Crippen LogP) is 3.68. The molecule has 120 valence electrons. The molecule has 3 fully saturated rings. The highest BCUT2D eigenvalue weighted by molar-refractivity contribution is 5.84. The second-order valence-corrected chi connectivity index (χ2v) is 7.66. The van der Waals surface area contributed by atoms with E-state index < -0.39 is 0 Å². The number of nitrogens with zero attached hydrogens (tertiary/aromatic N) is 1. The van der Waals surface area contributed by atoms with Crippen molar-refractivity contribution >= 4 is 5.91 Å². The van der Waals surface area contributed by atoms with Crippen LogP contribution in [0.1, 0.15) is 78.1 Å². The summed E-state index contributed by atoms with van der Waals surface area (Å²) in [7, 11) is 0. The molecule has 21 heavy (non-hydrogen) atoms. The van der Waals surface area contributed by atoms with Crippen LogP contribution in [0.3, 0.4) is 0 Å². The molecule has 0 aromatic carbocycles. The molecule has 0 aromatic rings. The Kier molecular flexibility index (Phi) is 4.88. The van der Waals surface area contributed by atoms with Crippen LogP contribution in [0.5, 0.6) is 0 Å². The number of nitrogens with one attached hydrogen (secondary N) is 1. The van der Waals surface area contributed by atoms with Crippen molar-refractivity contribution in [2.24, 2.45) is 11.8 Å². The summed E-state index contributed by atoms with van der Waals surface area (Å²) in [6.07, 6.45) is 12.8. The minimum absolute atomic E-state index is 0.0972. The van der Waals surface area contributed by atoms with Gasteiger partial charge in [-0.15, -0.1) is 0 Å². The van der Waals surface area contributed by atoms with E-state index in [2.05, 4.69) is 24.1 Å². The average Bonchev–Trinajstić information content (AvgIpc) is 3.10. The third kappa shape index (κ3) is 3.13. The van der Waals surface area contributed by atoms with Crippen LogP contribution in [0.2, 0.25) is 0 Å². The van der Waals surface area contributed by atoms with E-state index in [1.54, 1.807) is 0 Å². The van der Waals surface area contributed by atoms with Gasteiger partial charge >= 0.3 is 0 Å². The second kappa shape index (κ2) is 6.68. The summed E-state index contributed by atoms with van der Waals surface area (Å²) in [6, 6.07) is 0.605. The van der Waals surface area contributed by atoms with Crippen LogP contribution in [0.25, 0.3) is 0 Å². The molecule has 1 saturated heterocycles. The average molecular weight is 292 g/mol. The highest BCUT2D eigenvalue weighted by atomic mass is 16.2. The van der Waals surface area contributed by atoms with Gasteiger partial charge in [0.15, 0.2) is 0 Å². The monoisotopic (exact) mass is 292 g/mol. The van der Waals surface area contributed by atoms with Crippen molar-refractivity contribution in [3.63, 3.8) is 0 Å². The first-order valence-electron chi connectivity index (χ1n) is 9.29. The zero-order valence-corrected chi connectivity index (χ0v) is 13.8. The first kappa shape index (κ1) is 15.3. The summed E-state index contributed by atoms with van der Waals surface area (Å²) in [5, 5.41) is 3.72. The highest BCUT2D eigenvalue weighted by Crippen LogP contribution is 2.37. The van der Waals surface area contributed by atoms with Crippen molar-refractivity contribution in [3.8, 4) is 0 Å². The zero-order chi connectivity index (χ0) is 14.8. The van der Waals surface area contributed by atoms with Crippen molar-refractivity contribution in [2.75, 3.05) is 0 Å². The molecular formula is C18H32N2O. The van der Waals surface area contributed by atoms with Gasteiger partial charge in [0.2, 0.25) is 5.91 Å². The second-order valence-electron chi connectivity index (χ2n) is 7.66. The van der Waals surface area contributed by atoms with Crippen LogP contribution in [0.4, 0.5) is 0 Å². The van der Waals surface area contributed by atoms with Crippen molar-refractivity contribution in [2.45, 2.75) is 96.3 Å². The molecule has 3 aliphatic rings.